The number of hydrogen-bond acceptors (Lipinski definition) is 4. The monoisotopic (exact) mass is 460 g/mol. The Bertz CT molecular complexity index is 990. The highest BCUT2D eigenvalue weighted by Crippen LogP contribution is 2.66. The quantitative estimate of drug-likeness (QED) is 0.729. The molecule has 4 fully saturated rings. The maximum absolute atomic E-state index is 13.5. The van der Waals surface area contributed by atoms with Crippen molar-refractivity contribution in [2.75, 3.05) is 18.6 Å². The van der Waals surface area contributed by atoms with Crippen LogP contribution < -0.4 is 4.90 Å². The molecule has 0 saturated carbocycles. The molecule has 0 radical (unpaired) electrons. The first-order valence-corrected chi connectivity index (χ1v) is 10.3. The van der Waals surface area contributed by atoms with E-state index >= 15 is 0 Å². The normalized spacial score (nSPS) is 38.5. The second kappa shape index (κ2) is 6.26. The molecule has 31 heavy (non-hydrogen) atoms. The van der Waals surface area contributed by atoms with Crippen molar-refractivity contribution in [3.8, 4) is 0 Å². The molecule has 11 heteroatoms. The minimum absolute atomic E-state index is 0.0457. The number of amides is 2. The number of alkyl halides is 3. The number of nitrogens with zero attached hydrogens (tertiary/aromatic N) is 2. The van der Waals surface area contributed by atoms with E-state index < -0.39 is 58.2 Å². The van der Waals surface area contributed by atoms with Crippen LogP contribution >= 0.6 is 11.6 Å². The molecule has 4 saturated heterocycles. The van der Waals surface area contributed by atoms with Gasteiger partial charge >= 0.3 is 12.3 Å². The number of carboxylic acid groups (broad SMARTS) is 1. The topological polar surface area (TPSA) is 79.3 Å². The standard InChI is InChI=1S/C20H20ClF3N2O5/c1-18-8-12(25(2)17(28)29)19(31-18)5-6-30-16-14(19)13(18)15(27)26(16)9-3-4-11(21)10(7-9)20(22,23)24/h3-4,7,12-14,16H,5-6,8H2,1-2H3,(H,28,29)/t12-,13-,14+,16+,18-,19+/m0/s1. The van der Waals surface area contributed by atoms with Crippen LogP contribution in [0.3, 0.4) is 0 Å². The molecule has 2 amide bonds. The average molecular weight is 461 g/mol. The maximum atomic E-state index is 13.5. The fourth-order valence-corrected chi connectivity index (χ4v) is 6.38. The molecule has 2 bridgehead atoms. The number of rotatable bonds is 2. The molecule has 0 unspecified atom stereocenters. The predicted molar refractivity (Wildman–Crippen MR) is 102 cm³/mol. The van der Waals surface area contributed by atoms with Crippen LogP contribution in [-0.4, -0.2) is 59.1 Å². The Hall–Kier alpha value is -2.04. The number of carbonyl (C=O) groups excluding carboxylic acids is 1. The predicted octanol–water partition coefficient (Wildman–Crippen LogP) is 3.59. The molecule has 5 rings (SSSR count). The second-order valence-electron chi connectivity index (χ2n) is 8.87. The van der Waals surface area contributed by atoms with Gasteiger partial charge in [-0.25, -0.2) is 4.79 Å². The number of fused-ring (bicyclic) bond motifs is 2. The van der Waals surface area contributed by atoms with E-state index in [-0.39, 0.29) is 18.2 Å². The van der Waals surface area contributed by atoms with Gasteiger partial charge in [-0.1, -0.05) is 11.6 Å². The van der Waals surface area contributed by atoms with Crippen LogP contribution in [0, 0.1) is 11.8 Å². The Balaban J connectivity index is 1.60. The molecule has 7 nitrogen and oxygen atoms in total. The minimum Gasteiger partial charge on any atom is -0.465 e. The first-order valence-electron chi connectivity index (χ1n) is 9.88. The lowest BCUT2D eigenvalue weighted by Gasteiger charge is -2.47. The van der Waals surface area contributed by atoms with Gasteiger partial charge in [0.05, 0.1) is 46.3 Å². The number of halogens is 4. The summed E-state index contributed by atoms with van der Waals surface area (Å²) in [5.41, 5.74) is -2.85. The van der Waals surface area contributed by atoms with Gasteiger partial charge < -0.3 is 19.5 Å². The Morgan fingerprint density at radius 2 is 2.10 bits per heavy atom. The first kappa shape index (κ1) is 20.8. The number of carbonyl (C=O) groups is 2. The highest BCUT2D eigenvalue weighted by atomic mass is 35.5. The summed E-state index contributed by atoms with van der Waals surface area (Å²) in [6, 6.07) is 2.87. The molecule has 4 aliphatic heterocycles. The summed E-state index contributed by atoms with van der Waals surface area (Å²) in [5.74, 6) is -1.52. The summed E-state index contributed by atoms with van der Waals surface area (Å²) < 4.78 is 52.5. The van der Waals surface area contributed by atoms with E-state index in [2.05, 4.69) is 0 Å². The number of likely N-dealkylation sites (N-methyl/N-ethyl adjacent to an activating group) is 1. The molecule has 0 aliphatic carbocycles. The van der Waals surface area contributed by atoms with Crippen LogP contribution in [0.4, 0.5) is 23.7 Å². The van der Waals surface area contributed by atoms with Crippen LogP contribution in [0.15, 0.2) is 18.2 Å². The van der Waals surface area contributed by atoms with Gasteiger partial charge in [0.15, 0.2) is 0 Å². The van der Waals surface area contributed by atoms with Gasteiger partial charge in [-0.15, -0.1) is 0 Å². The molecule has 6 atom stereocenters. The molecule has 4 heterocycles. The van der Waals surface area contributed by atoms with Gasteiger partial charge in [0.1, 0.15) is 6.23 Å². The SMILES string of the molecule is CN(C(=O)O)[C@H]1C[C@]2(C)O[C@]13CCO[C@@H]1[C@H]3[C@H]2C(=O)N1c1ccc(Cl)c(C(F)(F)F)c1. The smallest absolute Gasteiger partial charge is 0.417 e. The summed E-state index contributed by atoms with van der Waals surface area (Å²) in [4.78, 5) is 27.6. The first-order chi connectivity index (χ1) is 14.4. The van der Waals surface area contributed by atoms with E-state index in [0.717, 1.165) is 12.1 Å². The number of ether oxygens (including phenoxy) is 2. The van der Waals surface area contributed by atoms with E-state index in [0.29, 0.717) is 12.8 Å². The van der Waals surface area contributed by atoms with E-state index in [1.165, 1.54) is 22.9 Å². The lowest BCUT2D eigenvalue weighted by atomic mass is 9.63. The third kappa shape index (κ3) is 2.61. The van der Waals surface area contributed by atoms with E-state index in [1.54, 1.807) is 6.92 Å². The van der Waals surface area contributed by atoms with Crippen molar-refractivity contribution >= 4 is 29.3 Å². The largest absolute Gasteiger partial charge is 0.465 e. The van der Waals surface area contributed by atoms with Crippen LogP contribution in [0.5, 0.6) is 0 Å². The zero-order valence-corrected chi connectivity index (χ0v) is 17.4. The molecule has 1 N–H and O–H groups in total. The van der Waals surface area contributed by atoms with Crippen molar-refractivity contribution < 1.29 is 37.3 Å². The summed E-state index contributed by atoms with van der Waals surface area (Å²) in [7, 11) is 1.47. The average Bonchev–Trinajstić information content (AvgIpc) is 3.25. The van der Waals surface area contributed by atoms with E-state index in [9.17, 15) is 27.9 Å². The molecule has 0 aromatic heterocycles. The zero-order valence-electron chi connectivity index (χ0n) is 16.6. The molecular weight excluding hydrogens is 441 g/mol. The molecule has 168 valence electrons. The molecule has 1 aromatic rings. The summed E-state index contributed by atoms with van der Waals surface area (Å²) in [6.45, 7) is 1.96. The maximum Gasteiger partial charge on any atom is 0.417 e. The lowest BCUT2D eigenvalue weighted by Crippen LogP contribution is -2.61. The Labute approximate surface area is 180 Å². The van der Waals surface area contributed by atoms with Crippen molar-refractivity contribution in [2.24, 2.45) is 11.8 Å². The highest BCUT2D eigenvalue weighted by molar-refractivity contribution is 6.31. The van der Waals surface area contributed by atoms with Gasteiger partial charge in [-0.3, -0.25) is 9.69 Å². The van der Waals surface area contributed by atoms with E-state index in [1.807, 2.05) is 0 Å². The van der Waals surface area contributed by atoms with Gasteiger partial charge in [0.25, 0.3) is 0 Å². The summed E-state index contributed by atoms with van der Waals surface area (Å²) in [5, 5.41) is 9.09. The Kier molecular flexibility index (Phi) is 4.21. The van der Waals surface area contributed by atoms with Gasteiger partial charge in [-0.2, -0.15) is 13.2 Å². The number of hydrogen-bond donors (Lipinski definition) is 1. The van der Waals surface area contributed by atoms with Crippen LogP contribution in [-0.2, 0) is 20.4 Å². The zero-order chi connectivity index (χ0) is 22.5. The molecule has 4 aliphatic rings. The highest BCUT2D eigenvalue weighted by Gasteiger charge is 2.79. The van der Waals surface area contributed by atoms with Crippen molar-refractivity contribution in [3.05, 3.63) is 28.8 Å². The lowest BCUT2D eigenvalue weighted by molar-refractivity contribution is -0.151. The summed E-state index contributed by atoms with van der Waals surface area (Å²) >= 11 is 5.75. The van der Waals surface area contributed by atoms with Gasteiger partial charge in [-0.05, 0) is 25.1 Å². The fourth-order valence-electron chi connectivity index (χ4n) is 6.15. The van der Waals surface area contributed by atoms with Crippen LogP contribution in [0.1, 0.15) is 25.3 Å². The Morgan fingerprint density at radius 1 is 1.39 bits per heavy atom. The third-order valence-electron chi connectivity index (χ3n) is 7.32. The van der Waals surface area contributed by atoms with Crippen LogP contribution in [0.25, 0.3) is 0 Å². The van der Waals surface area contributed by atoms with Crippen molar-refractivity contribution in [2.45, 2.75) is 49.4 Å². The van der Waals surface area contributed by atoms with Crippen molar-refractivity contribution in [1.82, 2.24) is 4.90 Å². The molecule has 1 aromatic carbocycles. The fraction of sp³-hybridized carbons (Fsp3) is 0.600. The molecular formula is C20H20ClF3N2O5. The number of benzene rings is 1. The van der Waals surface area contributed by atoms with Crippen molar-refractivity contribution in [1.29, 1.82) is 0 Å². The van der Waals surface area contributed by atoms with Crippen LogP contribution in [0.2, 0.25) is 5.02 Å². The minimum atomic E-state index is -4.68. The number of anilines is 1. The van der Waals surface area contributed by atoms with Gasteiger partial charge in [0.2, 0.25) is 5.91 Å². The second-order valence-corrected chi connectivity index (χ2v) is 9.28. The Morgan fingerprint density at radius 3 is 2.74 bits per heavy atom. The van der Waals surface area contributed by atoms with Crippen molar-refractivity contribution in [3.63, 3.8) is 0 Å². The van der Waals surface area contributed by atoms with Gasteiger partial charge in [0, 0.05) is 25.6 Å². The molecule has 1 spiro atoms. The van der Waals surface area contributed by atoms with E-state index in [4.69, 9.17) is 21.1 Å². The summed E-state index contributed by atoms with van der Waals surface area (Å²) in [6.07, 6.45) is -5.90. The third-order valence-corrected chi connectivity index (χ3v) is 7.65.